The second-order valence-electron chi connectivity index (χ2n) is 6.92. The topological polar surface area (TPSA) is 57.6 Å². The lowest BCUT2D eigenvalue weighted by Crippen LogP contribution is -2.29. The highest BCUT2D eigenvalue weighted by atomic mass is 19.1. The fourth-order valence-corrected chi connectivity index (χ4v) is 3.52. The SMILES string of the molecule is Cc1ccc(/C(O)=C2\C(=O)C(=O)N(c3ccc(F)cc3)[C@@H]2c2ccccc2)cc1. The number of Topliss-reactive ketones (excluding diaryl/α,β-unsaturated/α-hetero) is 1. The zero-order chi connectivity index (χ0) is 20.5. The molecule has 0 aromatic heterocycles. The first-order valence-electron chi connectivity index (χ1n) is 9.16. The Bertz CT molecular complexity index is 1100. The fraction of sp³-hybridized carbons (Fsp3) is 0.0833. The molecule has 1 atom stereocenters. The summed E-state index contributed by atoms with van der Waals surface area (Å²) in [6.07, 6.45) is 0. The third kappa shape index (κ3) is 3.31. The van der Waals surface area contributed by atoms with Crippen LogP contribution in [0.5, 0.6) is 0 Å². The molecule has 1 fully saturated rings. The largest absolute Gasteiger partial charge is 0.507 e. The number of carbonyl (C=O) groups is 2. The highest BCUT2D eigenvalue weighted by Crippen LogP contribution is 2.42. The van der Waals surface area contributed by atoms with Gasteiger partial charge in [0.2, 0.25) is 0 Å². The second kappa shape index (κ2) is 7.36. The molecule has 0 aliphatic carbocycles. The highest BCUT2D eigenvalue weighted by Gasteiger charge is 2.46. The predicted octanol–water partition coefficient (Wildman–Crippen LogP) is 4.76. The normalized spacial score (nSPS) is 18.3. The molecule has 0 radical (unpaired) electrons. The average Bonchev–Trinajstić information content (AvgIpc) is 3.00. The monoisotopic (exact) mass is 387 g/mol. The number of halogens is 1. The zero-order valence-corrected chi connectivity index (χ0v) is 15.7. The summed E-state index contributed by atoms with van der Waals surface area (Å²) in [7, 11) is 0. The molecule has 0 saturated carbocycles. The minimum absolute atomic E-state index is 0.00868. The maximum atomic E-state index is 13.4. The summed E-state index contributed by atoms with van der Waals surface area (Å²) in [5, 5.41) is 11.0. The number of amides is 1. The van der Waals surface area contributed by atoms with Crippen molar-refractivity contribution < 1.29 is 19.1 Å². The van der Waals surface area contributed by atoms with E-state index in [0.717, 1.165) is 5.56 Å². The molecule has 1 amide bonds. The standard InChI is InChI=1S/C24H18FNO3/c1-15-7-9-17(10-8-15)22(27)20-21(16-5-3-2-4-6-16)26(24(29)23(20)28)19-13-11-18(25)12-14-19/h2-14,21,27H,1H3/b22-20+/t21-/m1/s1. The minimum Gasteiger partial charge on any atom is -0.507 e. The van der Waals surface area contributed by atoms with Gasteiger partial charge in [-0.3, -0.25) is 14.5 Å². The molecule has 1 N–H and O–H groups in total. The minimum atomic E-state index is -0.817. The summed E-state index contributed by atoms with van der Waals surface area (Å²) in [6.45, 7) is 1.92. The van der Waals surface area contributed by atoms with Crippen molar-refractivity contribution in [3.8, 4) is 0 Å². The van der Waals surface area contributed by atoms with Crippen molar-refractivity contribution >= 4 is 23.1 Å². The summed E-state index contributed by atoms with van der Waals surface area (Å²) >= 11 is 0. The second-order valence-corrected chi connectivity index (χ2v) is 6.92. The first-order valence-corrected chi connectivity index (χ1v) is 9.16. The van der Waals surface area contributed by atoms with Gasteiger partial charge in [-0.15, -0.1) is 0 Å². The number of aryl methyl sites for hydroxylation is 1. The van der Waals surface area contributed by atoms with Gasteiger partial charge >= 0.3 is 0 Å². The van der Waals surface area contributed by atoms with Crippen molar-refractivity contribution in [3.63, 3.8) is 0 Å². The molecule has 3 aromatic rings. The summed E-state index contributed by atoms with van der Waals surface area (Å²) in [5.74, 6) is -2.22. The van der Waals surface area contributed by atoms with Crippen molar-refractivity contribution in [2.45, 2.75) is 13.0 Å². The van der Waals surface area contributed by atoms with Crippen LogP contribution in [0, 0.1) is 12.7 Å². The third-order valence-electron chi connectivity index (χ3n) is 4.99. The number of benzene rings is 3. The first-order chi connectivity index (χ1) is 14.0. The third-order valence-corrected chi connectivity index (χ3v) is 4.99. The molecule has 1 aliphatic rings. The van der Waals surface area contributed by atoms with E-state index in [2.05, 4.69) is 0 Å². The van der Waals surface area contributed by atoms with Gasteiger partial charge < -0.3 is 5.11 Å². The van der Waals surface area contributed by atoms with Gasteiger partial charge in [0.1, 0.15) is 11.6 Å². The number of nitrogens with zero attached hydrogens (tertiary/aromatic N) is 1. The van der Waals surface area contributed by atoms with Crippen LogP contribution in [-0.4, -0.2) is 16.8 Å². The number of hydrogen-bond acceptors (Lipinski definition) is 3. The van der Waals surface area contributed by atoms with Crippen LogP contribution in [0.15, 0.2) is 84.4 Å². The fourth-order valence-electron chi connectivity index (χ4n) is 3.52. The van der Waals surface area contributed by atoms with Crippen LogP contribution in [0.3, 0.4) is 0 Å². The lowest BCUT2D eigenvalue weighted by molar-refractivity contribution is -0.132. The van der Waals surface area contributed by atoms with Crippen molar-refractivity contribution in [2.24, 2.45) is 0 Å². The van der Waals surface area contributed by atoms with Crippen LogP contribution >= 0.6 is 0 Å². The Morgan fingerprint density at radius 2 is 1.52 bits per heavy atom. The van der Waals surface area contributed by atoms with Crippen LogP contribution in [-0.2, 0) is 9.59 Å². The van der Waals surface area contributed by atoms with E-state index in [9.17, 15) is 19.1 Å². The number of ketones is 1. The van der Waals surface area contributed by atoms with Gasteiger partial charge in [0.25, 0.3) is 11.7 Å². The molecule has 4 rings (SSSR count). The van der Waals surface area contributed by atoms with Crippen LogP contribution in [0.4, 0.5) is 10.1 Å². The first kappa shape index (κ1) is 18.6. The van der Waals surface area contributed by atoms with E-state index in [4.69, 9.17) is 0 Å². The molecule has 0 unspecified atom stereocenters. The van der Waals surface area contributed by atoms with E-state index in [1.165, 1.54) is 29.2 Å². The van der Waals surface area contributed by atoms with E-state index < -0.39 is 23.5 Å². The zero-order valence-electron chi connectivity index (χ0n) is 15.7. The van der Waals surface area contributed by atoms with Crippen LogP contribution in [0.25, 0.3) is 5.76 Å². The number of aliphatic hydroxyl groups is 1. The highest BCUT2D eigenvalue weighted by molar-refractivity contribution is 6.51. The summed E-state index contributed by atoms with van der Waals surface area (Å²) < 4.78 is 13.4. The van der Waals surface area contributed by atoms with Crippen molar-refractivity contribution in [1.29, 1.82) is 0 Å². The van der Waals surface area contributed by atoms with Crippen LogP contribution < -0.4 is 4.90 Å². The van der Waals surface area contributed by atoms with E-state index >= 15 is 0 Å². The van der Waals surface area contributed by atoms with E-state index in [-0.39, 0.29) is 11.3 Å². The number of anilines is 1. The Balaban J connectivity index is 1.93. The molecule has 4 nitrogen and oxygen atoms in total. The van der Waals surface area contributed by atoms with Crippen LogP contribution in [0.1, 0.15) is 22.7 Å². The van der Waals surface area contributed by atoms with E-state index in [0.29, 0.717) is 16.8 Å². The number of aliphatic hydroxyl groups excluding tert-OH is 1. The lowest BCUT2D eigenvalue weighted by Gasteiger charge is -2.25. The molecular weight excluding hydrogens is 369 g/mol. The van der Waals surface area contributed by atoms with Gasteiger partial charge in [0, 0.05) is 11.3 Å². The Morgan fingerprint density at radius 3 is 2.14 bits per heavy atom. The van der Waals surface area contributed by atoms with Gasteiger partial charge in [0.15, 0.2) is 0 Å². The molecular formula is C24H18FNO3. The Morgan fingerprint density at radius 1 is 0.897 bits per heavy atom. The molecule has 5 heteroatoms. The maximum Gasteiger partial charge on any atom is 0.300 e. The summed E-state index contributed by atoms with van der Waals surface area (Å²) in [4.78, 5) is 27.2. The number of rotatable bonds is 3. The summed E-state index contributed by atoms with van der Waals surface area (Å²) in [5.41, 5.74) is 2.52. The number of hydrogen-bond donors (Lipinski definition) is 1. The maximum absolute atomic E-state index is 13.4. The van der Waals surface area contributed by atoms with Crippen molar-refractivity contribution in [3.05, 3.63) is 107 Å². The molecule has 1 saturated heterocycles. The molecule has 29 heavy (non-hydrogen) atoms. The Kier molecular flexibility index (Phi) is 4.72. The molecule has 0 spiro atoms. The van der Waals surface area contributed by atoms with Gasteiger partial charge in [-0.2, -0.15) is 0 Å². The lowest BCUT2D eigenvalue weighted by atomic mass is 9.95. The molecule has 0 bridgehead atoms. The predicted molar refractivity (Wildman–Crippen MR) is 109 cm³/mol. The molecule has 144 valence electrons. The van der Waals surface area contributed by atoms with Crippen molar-refractivity contribution in [2.75, 3.05) is 4.90 Å². The van der Waals surface area contributed by atoms with Crippen molar-refractivity contribution in [1.82, 2.24) is 0 Å². The van der Waals surface area contributed by atoms with Gasteiger partial charge in [0.05, 0.1) is 11.6 Å². The van der Waals surface area contributed by atoms with E-state index in [1.807, 2.05) is 25.1 Å². The molecule has 3 aromatic carbocycles. The van der Waals surface area contributed by atoms with E-state index in [1.54, 1.807) is 36.4 Å². The van der Waals surface area contributed by atoms with Gasteiger partial charge in [-0.25, -0.2) is 4.39 Å². The van der Waals surface area contributed by atoms with Gasteiger partial charge in [-0.1, -0.05) is 60.2 Å². The quantitative estimate of drug-likeness (QED) is 0.400. The average molecular weight is 387 g/mol. The Labute approximate surface area is 167 Å². The smallest absolute Gasteiger partial charge is 0.300 e. The Hall–Kier alpha value is -3.73. The number of carbonyl (C=O) groups excluding carboxylic acids is 2. The summed E-state index contributed by atoms with van der Waals surface area (Å²) in [6, 6.07) is 20.6. The molecule has 1 heterocycles. The van der Waals surface area contributed by atoms with Crippen LogP contribution in [0.2, 0.25) is 0 Å². The molecule has 1 aliphatic heterocycles. The van der Waals surface area contributed by atoms with Gasteiger partial charge in [-0.05, 0) is 36.8 Å².